The molecule has 9 heteroatoms. The molecule has 1 aliphatic heterocycles. The lowest BCUT2D eigenvalue weighted by Gasteiger charge is -2.24. The molecule has 0 unspecified atom stereocenters. The van der Waals surface area contributed by atoms with E-state index in [2.05, 4.69) is 6.92 Å². The molecule has 40 heavy (non-hydrogen) atoms. The topological polar surface area (TPSA) is 87.2 Å². The molecule has 2 amide bonds. The Kier molecular flexibility index (Phi) is 10.1. The van der Waals surface area contributed by atoms with Gasteiger partial charge in [-0.25, -0.2) is 0 Å². The average molecular weight is 575 g/mol. The number of amides is 2. The number of thiocarbonyl (C=S) groups is 1. The lowest BCUT2D eigenvalue weighted by atomic mass is 10.1. The molecule has 0 aromatic heterocycles. The molecule has 0 radical (unpaired) electrons. The van der Waals surface area contributed by atoms with Crippen molar-refractivity contribution in [3.8, 4) is 5.75 Å². The van der Waals surface area contributed by atoms with E-state index in [4.69, 9.17) is 22.1 Å². The first-order valence-electron chi connectivity index (χ1n) is 13.0. The van der Waals surface area contributed by atoms with Gasteiger partial charge in [-0.1, -0.05) is 104 Å². The number of unbranched alkanes of at least 4 members (excludes halogenated alkanes) is 1. The van der Waals surface area contributed by atoms with Crippen LogP contribution in [0.4, 0.5) is 0 Å². The maximum absolute atomic E-state index is 14.0. The molecule has 0 saturated carbocycles. The average Bonchev–Trinajstić information content (AvgIpc) is 3.22. The summed E-state index contributed by atoms with van der Waals surface area (Å²) in [7, 11) is 0. The second-order valence-electron chi connectivity index (χ2n) is 9.26. The van der Waals surface area contributed by atoms with Crippen molar-refractivity contribution in [2.24, 2.45) is 0 Å². The van der Waals surface area contributed by atoms with E-state index in [-0.39, 0.29) is 10.2 Å². The minimum absolute atomic E-state index is 0.172. The Morgan fingerprint density at radius 3 is 2.35 bits per heavy atom. The van der Waals surface area contributed by atoms with Crippen molar-refractivity contribution in [3.63, 3.8) is 0 Å². The third kappa shape index (κ3) is 7.58. The number of carbonyl (C=O) groups excluding carboxylic acids is 2. The molecule has 4 rings (SSSR count). The van der Waals surface area contributed by atoms with Crippen LogP contribution in [0.3, 0.4) is 0 Å². The van der Waals surface area contributed by atoms with Gasteiger partial charge in [0.1, 0.15) is 23.2 Å². The minimum atomic E-state index is -1.14. The smallest absolute Gasteiger partial charge is 0.323 e. The van der Waals surface area contributed by atoms with Gasteiger partial charge in [0.2, 0.25) is 0 Å². The molecule has 0 bridgehead atoms. The summed E-state index contributed by atoms with van der Waals surface area (Å²) in [5.74, 6) is -1.34. The lowest BCUT2D eigenvalue weighted by Crippen LogP contribution is -2.33. The van der Waals surface area contributed by atoms with Crippen LogP contribution in [0.15, 0.2) is 83.8 Å². The quantitative estimate of drug-likeness (QED) is 0.210. The first kappa shape index (κ1) is 29.0. The second-order valence-corrected chi connectivity index (χ2v) is 10.9. The van der Waals surface area contributed by atoms with Crippen molar-refractivity contribution in [3.05, 3.63) is 106 Å². The molecule has 3 aromatic carbocycles. The van der Waals surface area contributed by atoms with Gasteiger partial charge in [-0.2, -0.15) is 0 Å². The van der Waals surface area contributed by atoms with Crippen LogP contribution in [0.5, 0.6) is 5.75 Å². The van der Waals surface area contributed by atoms with E-state index in [0.717, 1.165) is 40.6 Å². The van der Waals surface area contributed by atoms with Crippen LogP contribution in [0.2, 0.25) is 0 Å². The maximum Gasteiger partial charge on any atom is 0.323 e. The van der Waals surface area contributed by atoms with E-state index in [1.807, 2.05) is 65.6 Å². The molecule has 1 aliphatic rings. The van der Waals surface area contributed by atoms with Crippen molar-refractivity contribution >= 4 is 52.2 Å². The Morgan fingerprint density at radius 1 is 1.02 bits per heavy atom. The molecular weight excluding hydrogens is 544 g/mol. The number of carboxylic acids is 1. The Labute approximate surface area is 243 Å². The number of hydrogen-bond donors (Lipinski definition) is 1. The lowest BCUT2D eigenvalue weighted by molar-refractivity contribution is -0.140. The van der Waals surface area contributed by atoms with E-state index in [9.17, 15) is 14.4 Å². The van der Waals surface area contributed by atoms with E-state index >= 15 is 0 Å². The molecule has 1 saturated heterocycles. The minimum Gasteiger partial charge on any atom is -0.488 e. The Morgan fingerprint density at radius 2 is 1.70 bits per heavy atom. The van der Waals surface area contributed by atoms with Gasteiger partial charge in [0.05, 0.1) is 10.5 Å². The van der Waals surface area contributed by atoms with Crippen LogP contribution >= 0.6 is 24.0 Å². The Hall–Kier alpha value is -3.95. The second kappa shape index (κ2) is 13.9. The van der Waals surface area contributed by atoms with E-state index in [0.29, 0.717) is 41.5 Å². The summed E-state index contributed by atoms with van der Waals surface area (Å²) in [6.07, 6.45) is 3.42. The zero-order chi connectivity index (χ0) is 28.5. The van der Waals surface area contributed by atoms with Crippen LogP contribution in [-0.2, 0) is 22.7 Å². The predicted molar refractivity (Wildman–Crippen MR) is 161 cm³/mol. The largest absolute Gasteiger partial charge is 0.488 e. The number of ether oxygens (including phenoxy) is 1. The molecule has 206 valence electrons. The highest BCUT2D eigenvalue weighted by Gasteiger charge is 2.33. The molecule has 0 aliphatic carbocycles. The van der Waals surface area contributed by atoms with Crippen molar-refractivity contribution in [2.75, 3.05) is 13.1 Å². The van der Waals surface area contributed by atoms with Gasteiger partial charge in [-0.05, 0) is 41.3 Å². The van der Waals surface area contributed by atoms with Crippen LogP contribution in [0.25, 0.3) is 6.08 Å². The van der Waals surface area contributed by atoms with Gasteiger partial charge in [-0.3, -0.25) is 19.3 Å². The fourth-order valence-corrected chi connectivity index (χ4v) is 5.42. The number of hydrogen-bond acceptors (Lipinski definition) is 6. The summed E-state index contributed by atoms with van der Waals surface area (Å²) in [5, 5.41) is 9.13. The van der Waals surface area contributed by atoms with E-state index in [1.54, 1.807) is 24.3 Å². The summed E-state index contributed by atoms with van der Waals surface area (Å²) in [4.78, 5) is 41.2. The van der Waals surface area contributed by atoms with Gasteiger partial charge in [0, 0.05) is 13.1 Å². The summed E-state index contributed by atoms with van der Waals surface area (Å²) in [6.45, 7) is 2.92. The number of thioether (sulfide) groups is 1. The summed E-state index contributed by atoms with van der Waals surface area (Å²) in [5.41, 5.74) is 3.00. The van der Waals surface area contributed by atoms with Gasteiger partial charge in [-0.15, -0.1) is 0 Å². The molecule has 0 spiro atoms. The highest BCUT2D eigenvalue weighted by Crippen LogP contribution is 2.33. The SMILES string of the molecule is CCCCN(Cc1ccccc1)C(=O)c1cc(C=C2SC(=S)N(CC(=O)O)C2=O)ccc1OCc1ccccc1. The zero-order valence-corrected chi connectivity index (χ0v) is 23.7. The third-order valence-corrected chi connectivity index (χ3v) is 7.60. The van der Waals surface area contributed by atoms with E-state index < -0.39 is 18.4 Å². The number of benzene rings is 3. The number of nitrogens with zero attached hydrogens (tertiary/aromatic N) is 2. The Balaban J connectivity index is 1.67. The normalized spacial score (nSPS) is 14.0. The molecule has 3 aromatic rings. The van der Waals surface area contributed by atoms with Gasteiger partial charge >= 0.3 is 5.97 Å². The maximum atomic E-state index is 14.0. The standard InChI is InChI=1S/C31H30N2O5S2/c1-2-3-16-32(19-22-10-6-4-7-11-22)29(36)25-17-24(14-15-26(25)38-21-23-12-8-5-9-13-23)18-27-30(37)33(20-28(34)35)31(39)40-27/h4-15,17-18H,2-3,16,19-21H2,1H3,(H,34,35). The van der Waals surface area contributed by atoms with Gasteiger partial charge in [0.25, 0.3) is 11.8 Å². The van der Waals surface area contributed by atoms with Crippen molar-refractivity contribution in [1.82, 2.24) is 9.80 Å². The van der Waals surface area contributed by atoms with Crippen molar-refractivity contribution in [2.45, 2.75) is 32.9 Å². The fraction of sp³-hybridized carbons (Fsp3) is 0.226. The summed E-state index contributed by atoms with van der Waals surface area (Å²) >= 11 is 6.26. The molecule has 1 heterocycles. The van der Waals surface area contributed by atoms with Crippen LogP contribution in [0.1, 0.15) is 46.8 Å². The van der Waals surface area contributed by atoms with Crippen LogP contribution in [-0.4, -0.2) is 50.1 Å². The molecule has 0 atom stereocenters. The first-order chi connectivity index (χ1) is 19.4. The van der Waals surface area contributed by atoms with Gasteiger partial charge < -0.3 is 14.7 Å². The van der Waals surface area contributed by atoms with Crippen molar-refractivity contribution < 1.29 is 24.2 Å². The number of carbonyl (C=O) groups is 3. The highest BCUT2D eigenvalue weighted by atomic mass is 32.2. The molecule has 1 N–H and O–H groups in total. The Bertz CT molecular complexity index is 1410. The fourth-order valence-electron chi connectivity index (χ4n) is 4.16. The van der Waals surface area contributed by atoms with Crippen LogP contribution < -0.4 is 4.74 Å². The number of carboxylic acid groups (broad SMARTS) is 1. The third-order valence-electron chi connectivity index (χ3n) is 6.22. The molecular formula is C31H30N2O5S2. The first-order valence-corrected chi connectivity index (χ1v) is 14.2. The van der Waals surface area contributed by atoms with E-state index in [1.165, 1.54) is 0 Å². The van der Waals surface area contributed by atoms with Gasteiger partial charge in [0.15, 0.2) is 0 Å². The van der Waals surface area contributed by atoms with Crippen LogP contribution in [0, 0.1) is 0 Å². The summed E-state index contributed by atoms with van der Waals surface area (Å²) in [6, 6.07) is 24.8. The predicted octanol–water partition coefficient (Wildman–Crippen LogP) is 5.99. The zero-order valence-electron chi connectivity index (χ0n) is 22.1. The van der Waals surface area contributed by atoms with Crippen molar-refractivity contribution in [1.29, 1.82) is 0 Å². The molecule has 1 fully saturated rings. The monoisotopic (exact) mass is 574 g/mol. The number of aliphatic carboxylic acids is 1. The summed E-state index contributed by atoms with van der Waals surface area (Å²) < 4.78 is 6.32. The number of rotatable bonds is 12. The highest BCUT2D eigenvalue weighted by molar-refractivity contribution is 8.26. The molecule has 7 nitrogen and oxygen atoms in total.